The number of hydrogen-bond donors (Lipinski definition) is 1. The second kappa shape index (κ2) is 4.90. The van der Waals surface area contributed by atoms with Crippen molar-refractivity contribution in [3.63, 3.8) is 0 Å². The lowest BCUT2D eigenvalue weighted by molar-refractivity contribution is 0.0249. The van der Waals surface area contributed by atoms with Crippen LogP contribution in [-0.4, -0.2) is 44.7 Å². The summed E-state index contributed by atoms with van der Waals surface area (Å²) < 4.78 is 1.93. The number of fused-ring (bicyclic) bond motifs is 1. The van der Waals surface area contributed by atoms with E-state index >= 15 is 0 Å². The molecule has 1 amide bonds. The van der Waals surface area contributed by atoms with Gasteiger partial charge in [0, 0.05) is 25.7 Å². The number of aryl methyl sites for hydroxylation is 1. The minimum Gasteiger partial charge on any atom is -0.391 e. The fourth-order valence-electron chi connectivity index (χ4n) is 2.69. The Kier molecular flexibility index (Phi) is 3.22. The van der Waals surface area contributed by atoms with E-state index in [0.717, 1.165) is 17.5 Å². The van der Waals surface area contributed by atoms with Gasteiger partial charge in [-0.2, -0.15) is 0 Å². The Morgan fingerprint density at radius 1 is 1.45 bits per heavy atom. The lowest BCUT2D eigenvalue weighted by Crippen LogP contribution is -2.45. The molecule has 20 heavy (non-hydrogen) atoms. The number of benzene rings is 1. The quantitative estimate of drug-likeness (QED) is 0.855. The van der Waals surface area contributed by atoms with Gasteiger partial charge in [0.1, 0.15) is 0 Å². The fourth-order valence-corrected chi connectivity index (χ4v) is 2.69. The van der Waals surface area contributed by atoms with Gasteiger partial charge in [0.2, 0.25) is 0 Å². The van der Waals surface area contributed by atoms with Gasteiger partial charge < -0.3 is 14.6 Å². The van der Waals surface area contributed by atoms with Crippen LogP contribution in [0.3, 0.4) is 0 Å². The van der Waals surface area contributed by atoms with Gasteiger partial charge >= 0.3 is 0 Å². The molecular weight excluding hydrogens is 254 g/mol. The first kappa shape index (κ1) is 13.1. The van der Waals surface area contributed by atoms with Crippen LogP contribution in [0, 0.1) is 5.92 Å². The first-order chi connectivity index (χ1) is 9.56. The number of likely N-dealkylation sites (tertiary alicyclic amines) is 1. The minimum atomic E-state index is -0.425. The van der Waals surface area contributed by atoms with Crippen molar-refractivity contribution in [2.75, 3.05) is 13.1 Å². The maximum Gasteiger partial charge on any atom is 0.254 e. The second-order valence-electron chi connectivity index (χ2n) is 5.64. The van der Waals surface area contributed by atoms with Crippen molar-refractivity contribution in [2.45, 2.75) is 19.4 Å². The summed E-state index contributed by atoms with van der Waals surface area (Å²) in [6, 6.07) is 5.57. The molecule has 1 saturated heterocycles. The highest BCUT2D eigenvalue weighted by Gasteiger charge is 2.27. The van der Waals surface area contributed by atoms with Gasteiger partial charge in [-0.05, 0) is 30.5 Å². The van der Waals surface area contributed by atoms with Gasteiger partial charge in [0.25, 0.3) is 5.91 Å². The minimum absolute atomic E-state index is 0.0245. The monoisotopic (exact) mass is 273 g/mol. The number of piperidine rings is 1. The predicted molar refractivity (Wildman–Crippen MR) is 76.4 cm³/mol. The maximum absolute atomic E-state index is 12.5. The number of nitrogens with zero attached hydrogens (tertiary/aromatic N) is 3. The smallest absolute Gasteiger partial charge is 0.254 e. The first-order valence-corrected chi connectivity index (χ1v) is 6.94. The van der Waals surface area contributed by atoms with Crippen molar-refractivity contribution in [1.82, 2.24) is 14.5 Å². The van der Waals surface area contributed by atoms with Gasteiger partial charge in [0.05, 0.1) is 23.5 Å². The van der Waals surface area contributed by atoms with Crippen LogP contribution < -0.4 is 0 Å². The molecule has 1 aliphatic rings. The molecule has 1 aliphatic heterocycles. The summed E-state index contributed by atoms with van der Waals surface area (Å²) in [4.78, 5) is 18.5. The average molecular weight is 273 g/mol. The van der Waals surface area contributed by atoms with E-state index in [0.29, 0.717) is 18.7 Å². The zero-order valence-electron chi connectivity index (χ0n) is 11.8. The SMILES string of the molecule is CC1CCN(C(=O)c2ccc3c(c2)ncn3C)CC1O. The van der Waals surface area contributed by atoms with Gasteiger partial charge in [-0.1, -0.05) is 6.92 Å². The first-order valence-electron chi connectivity index (χ1n) is 6.94. The van der Waals surface area contributed by atoms with Crippen LogP contribution >= 0.6 is 0 Å². The topological polar surface area (TPSA) is 58.4 Å². The number of aliphatic hydroxyl groups is 1. The fraction of sp³-hybridized carbons (Fsp3) is 0.467. The van der Waals surface area contributed by atoms with Crippen molar-refractivity contribution in [3.8, 4) is 0 Å². The molecule has 0 aliphatic carbocycles. The van der Waals surface area contributed by atoms with Crippen molar-refractivity contribution >= 4 is 16.9 Å². The molecule has 1 fully saturated rings. The summed E-state index contributed by atoms with van der Waals surface area (Å²) in [5, 5.41) is 9.91. The Bertz CT molecular complexity index is 650. The van der Waals surface area contributed by atoms with E-state index in [1.807, 2.05) is 36.7 Å². The van der Waals surface area contributed by atoms with E-state index in [1.54, 1.807) is 11.2 Å². The lowest BCUT2D eigenvalue weighted by Gasteiger charge is -2.34. The van der Waals surface area contributed by atoms with Gasteiger partial charge in [0.15, 0.2) is 0 Å². The van der Waals surface area contributed by atoms with E-state index in [1.165, 1.54) is 0 Å². The van der Waals surface area contributed by atoms with E-state index < -0.39 is 6.10 Å². The summed E-state index contributed by atoms with van der Waals surface area (Å²) in [6.07, 6.45) is 2.16. The second-order valence-corrected chi connectivity index (χ2v) is 5.64. The molecule has 2 unspecified atom stereocenters. The molecule has 5 nitrogen and oxygen atoms in total. The van der Waals surface area contributed by atoms with E-state index in [4.69, 9.17) is 0 Å². The summed E-state index contributed by atoms with van der Waals surface area (Å²) in [6.45, 7) is 3.14. The highest BCUT2D eigenvalue weighted by atomic mass is 16.3. The Morgan fingerprint density at radius 3 is 3.00 bits per heavy atom. The van der Waals surface area contributed by atoms with Crippen molar-refractivity contribution in [3.05, 3.63) is 30.1 Å². The third-order valence-electron chi connectivity index (χ3n) is 4.18. The normalized spacial score (nSPS) is 23.2. The van der Waals surface area contributed by atoms with Crippen molar-refractivity contribution < 1.29 is 9.90 Å². The highest BCUT2D eigenvalue weighted by molar-refractivity contribution is 5.97. The van der Waals surface area contributed by atoms with Gasteiger partial charge in [-0.3, -0.25) is 4.79 Å². The van der Waals surface area contributed by atoms with Gasteiger partial charge in [-0.15, -0.1) is 0 Å². The van der Waals surface area contributed by atoms with Crippen LogP contribution in [0.15, 0.2) is 24.5 Å². The maximum atomic E-state index is 12.5. The molecule has 0 bridgehead atoms. The number of β-amino-alcohol motifs (C(OH)–C–C–N with tert-alkyl or cyclic N) is 1. The third-order valence-corrected chi connectivity index (χ3v) is 4.18. The van der Waals surface area contributed by atoms with Crippen LogP contribution in [0.5, 0.6) is 0 Å². The van der Waals surface area contributed by atoms with Crippen LogP contribution in [0.1, 0.15) is 23.7 Å². The Labute approximate surface area is 117 Å². The molecule has 1 N–H and O–H groups in total. The van der Waals surface area contributed by atoms with Crippen LogP contribution in [0.25, 0.3) is 11.0 Å². The number of hydrogen-bond acceptors (Lipinski definition) is 3. The predicted octanol–water partition coefficient (Wildman–Crippen LogP) is 1.42. The van der Waals surface area contributed by atoms with E-state index in [-0.39, 0.29) is 11.8 Å². The van der Waals surface area contributed by atoms with Crippen molar-refractivity contribution in [1.29, 1.82) is 0 Å². The number of carbonyl (C=O) groups excluding carboxylic acids is 1. The third kappa shape index (κ3) is 2.18. The molecule has 2 aromatic rings. The molecule has 5 heteroatoms. The molecule has 0 radical (unpaired) electrons. The molecule has 106 valence electrons. The van der Waals surface area contributed by atoms with Crippen LogP contribution in [-0.2, 0) is 7.05 Å². The number of amides is 1. The van der Waals surface area contributed by atoms with Crippen LogP contribution in [0.4, 0.5) is 0 Å². The number of aromatic nitrogens is 2. The van der Waals surface area contributed by atoms with Crippen LogP contribution in [0.2, 0.25) is 0 Å². The summed E-state index contributed by atoms with van der Waals surface area (Å²) in [7, 11) is 1.93. The molecule has 0 saturated carbocycles. The van der Waals surface area contributed by atoms with Crippen molar-refractivity contribution in [2.24, 2.45) is 13.0 Å². The molecule has 2 atom stereocenters. The zero-order chi connectivity index (χ0) is 14.3. The number of rotatable bonds is 1. The summed E-state index contributed by atoms with van der Waals surface area (Å²) >= 11 is 0. The molecule has 0 spiro atoms. The Morgan fingerprint density at radius 2 is 2.25 bits per heavy atom. The standard InChI is InChI=1S/C15H19N3O2/c1-10-5-6-18(8-14(10)19)15(20)11-3-4-13-12(7-11)16-9-17(13)2/h3-4,7,9-10,14,19H,5-6,8H2,1-2H3. The average Bonchev–Trinajstić information content (AvgIpc) is 2.82. The van der Waals surface area contributed by atoms with E-state index in [2.05, 4.69) is 4.98 Å². The molecule has 1 aromatic heterocycles. The Hall–Kier alpha value is -1.88. The molecule has 2 heterocycles. The molecular formula is C15H19N3O2. The van der Waals surface area contributed by atoms with E-state index in [9.17, 15) is 9.90 Å². The lowest BCUT2D eigenvalue weighted by atomic mass is 9.95. The highest BCUT2D eigenvalue weighted by Crippen LogP contribution is 2.20. The molecule has 3 rings (SSSR count). The van der Waals surface area contributed by atoms with Gasteiger partial charge in [-0.25, -0.2) is 4.98 Å². The Balaban J connectivity index is 1.85. The largest absolute Gasteiger partial charge is 0.391 e. The summed E-state index contributed by atoms with van der Waals surface area (Å²) in [5.41, 5.74) is 2.47. The number of carbonyl (C=O) groups is 1. The summed E-state index contributed by atoms with van der Waals surface area (Å²) in [5.74, 6) is 0.237. The number of imidazole rings is 1. The zero-order valence-corrected chi connectivity index (χ0v) is 11.8. The number of aliphatic hydroxyl groups excluding tert-OH is 1. The molecule has 1 aromatic carbocycles.